The molecule has 0 unspecified atom stereocenters. The lowest BCUT2D eigenvalue weighted by Gasteiger charge is -2.25. The van der Waals surface area contributed by atoms with E-state index in [1.807, 2.05) is 35.9 Å². The maximum atomic E-state index is 6.23. The predicted molar refractivity (Wildman–Crippen MR) is 73.7 cm³/mol. The van der Waals surface area contributed by atoms with Crippen LogP contribution in [0.1, 0.15) is 26.7 Å². The Morgan fingerprint density at radius 3 is 2.56 bits per heavy atom. The second-order valence-electron chi connectivity index (χ2n) is 4.80. The van der Waals surface area contributed by atoms with Crippen LogP contribution < -0.4 is 10.5 Å². The molecule has 1 aromatic heterocycles. The van der Waals surface area contributed by atoms with Crippen LogP contribution in [-0.4, -0.2) is 21.7 Å². The molecule has 2 aromatic rings. The summed E-state index contributed by atoms with van der Waals surface area (Å²) in [4.78, 5) is 4.47. The molecule has 2 N–H and O–H groups in total. The molecule has 0 saturated heterocycles. The number of benzene rings is 1. The van der Waals surface area contributed by atoms with Crippen molar-refractivity contribution in [3.05, 3.63) is 24.3 Å². The summed E-state index contributed by atoms with van der Waals surface area (Å²) in [7, 11) is 1.96. The number of nitrogens with zero attached hydrogens (tertiary/aromatic N) is 2. The van der Waals surface area contributed by atoms with Crippen molar-refractivity contribution in [2.24, 2.45) is 12.8 Å². The molecule has 0 radical (unpaired) electrons. The molecule has 0 fully saturated rings. The minimum Gasteiger partial charge on any atom is -0.463 e. The zero-order valence-corrected chi connectivity index (χ0v) is 11.3. The molecule has 4 heteroatoms. The van der Waals surface area contributed by atoms with Gasteiger partial charge < -0.3 is 10.5 Å². The van der Waals surface area contributed by atoms with Gasteiger partial charge in [-0.2, -0.15) is 4.98 Å². The lowest BCUT2D eigenvalue weighted by atomic mass is 9.96. The molecule has 0 saturated carbocycles. The van der Waals surface area contributed by atoms with Gasteiger partial charge in [-0.1, -0.05) is 26.0 Å². The van der Waals surface area contributed by atoms with Gasteiger partial charge in [0.05, 0.1) is 11.0 Å². The molecule has 0 spiro atoms. The van der Waals surface area contributed by atoms with Gasteiger partial charge in [0.1, 0.15) is 6.61 Å². The van der Waals surface area contributed by atoms with Crippen LogP contribution in [0.25, 0.3) is 11.0 Å². The second kappa shape index (κ2) is 4.98. The van der Waals surface area contributed by atoms with Gasteiger partial charge in [0, 0.05) is 12.6 Å². The second-order valence-corrected chi connectivity index (χ2v) is 4.80. The van der Waals surface area contributed by atoms with Crippen molar-refractivity contribution < 1.29 is 4.74 Å². The van der Waals surface area contributed by atoms with E-state index in [1.54, 1.807) is 0 Å². The summed E-state index contributed by atoms with van der Waals surface area (Å²) in [6.07, 6.45) is 1.79. The third-order valence-electron chi connectivity index (χ3n) is 3.64. The number of rotatable bonds is 5. The number of imidazole rings is 1. The molecule has 0 aliphatic heterocycles. The summed E-state index contributed by atoms with van der Waals surface area (Å²) in [5.74, 6) is 0. The Labute approximate surface area is 108 Å². The van der Waals surface area contributed by atoms with Crippen LogP contribution in [0.4, 0.5) is 0 Å². The minimum absolute atomic E-state index is 0.266. The van der Waals surface area contributed by atoms with Crippen molar-refractivity contribution in [2.45, 2.75) is 32.2 Å². The highest BCUT2D eigenvalue weighted by atomic mass is 16.5. The van der Waals surface area contributed by atoms with Crippen molar-refractivity contribution in [1.82, 2.24) is 9.55 Å². The van der Waals surface area contributed by atoms with Gasteiger partial charge in [0.25, 0.3) is 6.01 Å². The first-order valence-corrected chi connectivity index (χ1v) is 6.43. The van der Waals surface area contributed by atoms with E-state index in [4.69, 9.17) is 10.5 Å². The number of aromatic nitrogens is 2. The van der Waals surface area contributed by atoms with Crippen molar-refractivity contribution in [2.75, 3.05) is 6.61 Å². The first kappa shape index (κ1) is 12.9. The maximum absolute atomic E-state index is 6.23. The zero-order chi connectivity index (χ0) is 13.2. The van der Waals surface area contributed by atoms with Crippen molar-refractivity contribution in [3.8, 4) is 6.01 Å². The third kappa shape index (κ3) is 2.34. The number of nitrogens with two attached hydrogens (primary N) is 1. The summed E-state index contributed by atoms with van der Waals surface area (Å²) >= 11 is 0. The van der Waals surface area contributed by atoms with E-state index in [1.165, 1.54) is 0 Å². The number of hydrogen-bond acceptors (Lipinski definition) is 3. The van der Waals surface area contributed by atoms with E-state index < -0.39 is 0 Å². The minimum atomic E-state index is -0.266. The van der Waals surface area contributed by atoms with E-state index in [-0.39, 0.29) is 5.54 Å². The lowest BCUT2D eigenvalue weighted by molar-refractivity contribution is 0.190. The molecule has 4 nitrogen and oxygen atoms in total. The van der Waals surface area contributed by atoms with Gasteiger partial charge in [-0.05, 0) is 25.0 Å². The monoisotopic (exact) mass is 247 g/mol. The molecule has 1 aromatic carbocycles. The van der Waals surface area contributed by atoms with Crippen LogP contribution in [0.5, 0.6) is 6.01 Å². The molecule has 0 bridgehead atoms. The summed E-state index contributed by atoms with van der Waals surface area (Å²) in [6.45, 7) is 4.67. The highest BCUT2D eigenvalue weighted by Gasteiger charge is 2.22. The molecule has 0 aliphatic carbocycles. The Kier molecular flexibility index (Phi) is 3.57. The third-order valence-corrected chi connectivity index (χ3v) is 3.64. The number of aryl methyl sites for hydroxylation is 1. The Balaban J connectivity index is 2.20. The average molecular weight is 247 g/mol. The SMILES string of the molecule is CCC(N)(CC)COc1nc2ccccc2n1C. The Bertz CT molecular complexity index is 529. The number of ether oxygens (including phenoxy) is 1. The van der Waals surface area contributed by atoms with E-state index in [0.29, 0.717) is 12.6 Å². The Morgan fingerprint density at radius 2 is 1.94 bits per heavy atom. The van der Waals surface area contributed by atoms with Gasteiger partial charge in [0.2, 0.25) is 0 Å². The molecule has 18 heavy (non-hydrogen) atoms. The molecular weight excluding hydrogens is 226 g/mol. The normalized spacial score (nSPS) is 12.0. The molecule has 0 aliphatic rings. The van der Waals surface area contributed by atoms with E-state index >= 15 is 0 Å². The van der Waals surface area contributed by atoms with Gasteiger partial charge in [-0.3, -0.25) is 4.57 Å². The van der Waals surface area contributed by atoms with Crippen molar-refractivity contribution in [3.63, 3.8) is 0 Å². The van der Waals surface area contributed by atoms with Gasteiger partial charge in [0.15, 0.2) is 0 Å². The molecule has 0 atom stereocenters. The summed E-state index contributed by atoms with van der Waals surface area (Å²) in [6, 6.07) is 8.62. The van der Waals surface area contributed by atoms with Crippen LogP contribution in [-0.2, 0) is 7.05 Å². The quantitative estimate of drug-likeness (QED) is 0.883. The van der Waals surface area contributed by atoms with Crippen LogP contribution in [0.3, 0.4) is 0 Å². The van der Waals surface area contributed by atoms with Crippen LogP contribution in [0.2, 0.25) is 0 Å². The first-order chi connectivity index (χ1) is 8.59. The topological polar surface area (TPSA) is 53.1 Å². The Hall–Kier alpha value is -1.55. The number of para-hydroxylation sites is 2. The number of fused-ring (bicyclic) bond motifs is 1. The molecule has 2 rings (SSSR count). The smallest absolute Gasteiger partial charge is 0.297 e. The maximum Gasteiger partial charge on any atom is 0.297 e. The first-order valence-electron chi connectivity index (χ1n) is 6.43. The van der Waals surface area contributed by atoms with Crippen LogP contribution >= 0.6 is 0 Å². The van der Waals surface area contributed by atoms with E-state index in [2.05, 4.69) is 18.8 Å². The number of hydrogen-bond donors (Lipinski definition) is 1. The molecule has 1 heterocycles. The highest BCUT2D eigenvalue weighted by Crippen LogP contribution is 2.21. The lowest BCUT2D eigenvalue weighted by Crippen LogP contribution is -2.44. The molecular formula is C14H21N3O. The zero-order valence-electron chi connectivity index (χ0n) is 11.3. The largest absolute Gasteiger partial charge is 0.463 e. The van der Waals surface area contributed by atoms with Crippen LogP contribution in [0.15, 0.2) is 24.3 Å². The highest BCUT2D eigenvalue weighted by molar-refractivity contribution is 5.76. The van der Waals surface area contributed by atoms with Crippen LogP contribution in [0, 0.1) is 0 Å². The summed E-state index contributed by atoms with van der Waals surface area (Å²) < 4.78 is 7.75. The van der Waals surface area contributed by atoms with Crippen molar-refractivity contribution >= 4 is 11.0 Å². The summed E-state index contributed by atoms with van der Waals surface area (Å²) in [5, 5.41) is 0. The molecule has 98 valence electrons. The predicted octanol–water partition coefficient (Wildman–Crippen LogP) is 2.47. The fourth-order valence-electron chi connectivity index (χ4n) is 1.91. The van der Waals surface area contributed by atoms with Crippen molar-refractivity contribution in [1.29, 1.82) is 0 Å². The van der Waals surface area contributed by atoms with Gasteiger partial charge >= 0.3 is 0 Å². The summed E-state index contributed by atoms with van der Waals surface area (Å²) in [5.41, 5.74) is 7.98. The fraction of sp³-hybridized carbons (Fsp3) is 0.500. The van der Waals surface area contributed by atoms with Gasteiger partial charge in [-0.25, -0.2) is 0 Å². The van der Waals surface area contributed by atoms with E-state index in [9.17, 15) is 0 Å². The Morgan fingerprint density at radius 1 is 1.28 bits per heavy atom. The average Bonchev–Trinajstić information content (AvgIpc) is 2.73. The van der Waals surface area contributed by atoms with E-state index in [0.717, 1.165) is 23.9 Å². The molecule has 0 amide bonds. The standard InChI is InChI=1S/C14H21N3O/c1-4-14(15,5-2)10-18-13-16-11-8-6-7-9-12(11)17(13)3/h6-9H,4-5,10,15H2,1-3H3. The van der Waals surface area contributed by atoms with Gasteiger partial charge in [-0.15, -0.1) is 0 Å². The fourth-order valence-corrected chi connectivity index (χ4v) is 1.91.